The van der Waals surface area contributed by atoms with E-state index in [0.29, 0.717) is 23.6 Å². The first-order chi connectivity index (χ1) is 7.67. The molecule has 0 heterocycles. The molecule has 5 heteroatoms. The fourth-order valence-corrected chi connectivity index (χ4v) is 1.55. The van der Waals surface area contributed by atoms with Crippen molar-refractivity contribution >= 4 is 0 Å². The summed E-state index contributed by atoms with van der Waals surface area (Å²) in [6, 6.07) is 3.15. The Bertz CT molecular complexity index is 355. The minimum Gasteiger partial charge on any atom is -0.493 e. The molecular formula is C11H18N2O3. The fourth-order valence-electron chi connectivity index (χ4n) is 1.55. The first-order valence-electron chi connectivity index (χ1n) is 4.99. The van der Waals surface area contributed by atoms with Gasteiger partial charge in [0.2, 0.25) is 0 Å². The Morgan fingerprint density at radius 2 is 1.81 bits per heavy atom. The molecule has 0 saturated carbocycles. The number of methoxy groups -OCH3 is 2. The number of hydrogen-bond acceptors (Lipinski definition) is 5. The summed E-state index contributed by atoms with van der Waals surface area (Å²) in [6.07, 6.45) is 0. The van der Waals surface area contributed by atoms with Crippen LogP contribution in [0.4, 0.5) is 0 Å². The van der Waals surface area contributed by atoms with Crippen molar-refractivity contribution in [1.82, 2.24) is 0 Å². The maximum Gasteiger partial charge on any atom is 0.161 e. The Hall–Kier alpha value is -1.30. The molecule has 1 aromatic rings. The van der Waals surface area contributed by atoms with E-state index in [4.69, 9.17) is 20.9 Å². The number of benzene rings is 1. The zero-order valence-corrected chi connectivity index (χ0v) is 9.56. The Morgan fingerprint density at radius 1 is 1.25 bits per heavy atom. The van der Waals surface area contributed by atoms with Gasteiger partial charge in [0.15, 0.2) is 11.5 Å². The van der Waals surface area contributed by atoms with Gasteiger partial charge in [0, 0.05) is 12.6 Å². The molecule has 0 amide bonds. The Labute approximate surface area is 95.0 Å². The van der Waals surface area contributed by atoms with Crippen LogP contribution in [0.1, 0.15) is 17.2 Å². The van der Waals surface area contributed by atoms with Crippen molar-refractivity contribution in [2.24, 2.45) is 11.5 Å². The second kappa shape index (κ2) is 5.69. The molecule has 0 radical (unpaired) electrons. The first-order valence-corrected chi connectivity index (χ1v) is 4.99. The second-order valence-corrected chi connectivity index (χ2v) is 3.41. The first kappa shape index (κ1) is 12.8. The monoisotopic (exact) mass is 226 g/mol. The summed E-state index contributed by atoms with van der Waals surface area (Å²) >= 11 is 0. The average molecular weight is 226 g/mol. The summed E-state index contributed by atoms with van der Waals surface area (Å²) in [5.41, 5.74) is 12.8. The molecule has 0 unspecified atom stereocenters. The zero-order valence-electron chi connectivity index (χ0n) is 9.56. The highest BCUT2D eigenvalue weighted by Crippen LogP contribution is 2.32. The quantitative estimate of drug-likeness (QED) is 0.665. The van der Waals surface area contributed by atoms with Gasteiger partial charge in [-0.15, -0.1) is 0 Å². The standard InChI is InChI=1S/C11H18N2O3/c1-15-10-3-7(6-14)8(9(13)5-12)4-11(10)16-2/h3-4,9,14H,5-6,12-13H2,1-2H3/t9-/m1/s1. The molecule has 0 bridgehead atoms. The van der Waals surface area contributed by atoms with E-state index in [2.05, 4.69) is 0 Å². The van der Waals surface area contributed by atoms with Gasteiger partial charge in [0.25, 0.3) is 0 Å². The molecule has 0 saturated heterocycles. The molecule has 1 atom stereocenters. The summed E-state index contributed by atoms with van der Waals surface area (Å²) in [5.74, 6) is 1.15. The van der Waals surface area contributed by atoms with Gasteiger partial charge in [-0.05, 0) is 23.3 Å². The molecule has 0 aliphatic carbocycles. The third-order valence-corrected chi connectivity index (χ3v) is 2.47. The molecule has 5 N–H and O–H groups in total. The van der Waals surface area contributed by atoms with E-state index in [1.54, 1.807) is 26.4 Å². The number of rotatable bonds is 5. The normalized spacial score (nSPS) is 12.3. The van der Waals surface area contributed by atoms with Gasteiger partial charge in [-0.1, -0.05) is 0 Å². The summed E-state index contributed by atoms with van der Waals surface area (Å²) in [4.78, 5) is 0. The van der Waals surface area contributed by atoms with E-state index in [1.807, 2.05) is 0 Å². The van der Waals surface area contributed by atoms with E-state index in [9.17, 15) is 5.11 Å². The number of nitrogens with two attached hydrogens (primary N) is 2. The third kappa shape index (κ3) is 2.44. The fraction of sp³-hybridized carbons (Fsp3) is 0.455. The number of ether oxygens (including phenoxy) is 2. The minimum atomic E-state index is -0.318. The van der Waals surface area contributed by atoms with Gasteiger partial charge in [-0.2, -0.15) is 0 Å². The topological polar surface area (TPSA) is 90.7 Å². The molecule has 16 heavy (non-hydrogen) atoms. The Kier molecular flexibility index (Phi) is 4.54. The highest BCUT2D eigenvalue weighted by Gasteiger charge is 2.14. The van der Waals surface area contributed by atoms with Gasteiger partial charge >= 0.3 is 0 Å². The van der Waals surface area contributed by atoms with Crippen molar-refractivity contribution in [3.8, 4) is 11.5 Å². The molecule has 1 rings (SSSR count). The molecular weight excluding hydrogens is 208 g/mol. The van der Waals surface area contributed by atoms with Crippen LogP contribution in [0.2, 0.25) is 0 Å². The maximum absolute atomic E-state index is 9.25. The molecule has 0 aliphatic heterocycles. The lowest BCUT2D eigenvalue weighted by molar-refractivity contribution is 0.278. The largest absolute Gasteiger partial charge is 0.493 e. The lowest BCUT2D eigenvalue weighted by Crippen LogP contribution is -2.22. The SMILES string of the molecule is COc1cc(CO)c([C@H](N)CN)cc1OC. The van der Waals surface area contributed by atoms with Crippen molar-refractivity contribution in [2.45, 2.75) is 12.6 Å². The minimum absolute atomic E-state index is 0.108. The van der Waals surface area contributed by atoms with Crippen LogP contribution in [0.15, 0.2) is 12.1 Å². The zero-order chi connectivity index (χ0) is 12.1. The van der Waals surface area contributed by atoms with E-state index in [-0.39, 0.29) is 12.6 Å². The van der Waals surface area contributed by atoms with Crippen LogP contribution in [-0.4, -0.2) is 25.9 Å². The number of aliphatic hydroxyl groups is 1. The average Bonchev–Trinajstić information content (AvgIpc) is 2.35. The van der Waals surface area contributed by atoms with Crippen LogP contribution in [0.25, 0.3) is 0 Å². The third-order valence-electron chi connectivity index (χ3n) is 2.47. The predicted molar refractivity (Wildman–Crippen MR) is 61.5 cm³/mol. The lowest BCUT2D eigenvalue weighted by Gasteiger charge is -2.17. The van der Waals surface area contributed by atoms with Crippen LogP contribution >= 0.6 is 0 Å². The van der Waals surface area contributed by atoms with Crippen LogP contribution in [0.3, 0.4) is 0 Å². The van der Waals surface area contributed by atoms with Crippen molar-refractivity contribution in [3.63, 3.8) is 0 Å². The van der Waals surface area contributed by atoms with Crippen molar-refractivity contribution < 1.29 is 14.6 Å². The van der Waals surface area contributed by atoms with Gasteiger partial charge in [0.1, 0.15) is 0 Å². The van der Waals surface area contributed by atoms with Crippen molar-refractivity contribution in [2.75, 3.05) is 20.8 Å². The highest BCUT2D eigenvalue weighted by atomic mass is 16.5. The molecule has 0 aliphatic rings. The molecule has 1 aromatic carbocycles. The Balaban J connectivity index is 3.25. The van der Waals surface area contributed by atoms with Crippen molar-refractivity contribution in [3.05, 3.63) is 23.3 Å². The van der Waals surface area contributed by atoms with Crippen LogP contribution in [-0.2, 0) is 6.61 Å². The molecule has 90 valence electrons. The van der Waals surface area contributed by atoms with Gasteiger partial charge in [-0.25, -0.2) is 0 Å². The van der Waals surface area contributed by atoms with Crippen LogP contribution < -0.4 is 20.9 Å². The smallest absolute Gasteiger partial charge is 0.161 e. The number of aliphatic hydroxyl groups excluding tert-OH is 1. The summed E-state index contributed by atoms with van der Waals surface area (Å²) in [7, 11) is 3.09. The van der Waals surface area contributed by atoms with Gasteiger partial charge in [0.05, 0.1) is 20.8 Å². The lowest BCUT2D eigenvalue weighted by atomic mass is 10.0. The Morgan fingerprint density at radius 3 is 2.25 bits per heavy atom. The van der Waals surface area contributed by atoms with Gasteiger partial charge in [-0.3, -0.25) is 0 Å². The summed E-state index contributed by atoms with van der Waals surface area (Å²) < 4.78 is 10.3. The highest BCUT2D eigenvalue weighted by molar-refractivity contribution is 5.48. The summed E-state index contributed by atoms with van der Waals surface area (Å²) in [6.45, 7) is 0.200. The van der Waals surface area contributed by atoms with Crippen LogP contribution in [0.5, 0.6) is 11.5 Å². The molecule has 0 aromatic heterocycles. The predicted octanol–water partition coefficient (Wildman–Crippen LogP) is 0.155. The van der Waals surface area contributed by atoms with Crippen LogP contribution in [0, 0.1) is 0 Å². The van der Waals surface area contributed by atoms with E-state index >= 15 is 0 Å². The van der Waals surface area contributed by atoms with E-state index < -0.39 is 0 Å². The number of hydrogen-bond donors (Lipinski definition) is 3. The maximum atomic E-state index is 9.25. The second-order valence-electron chi connectivity index (χ2n) is 3.41. The molecule has 5 nitrogen and oxygen atoms in total. The van der Waals surface area contributed by atoms with Gasteiger partial charge < -0.3 is 26.0 Å². The molecule has 0 spiro atoms. The van der Waals surface area contributed by atoms with E-state index in [0.717, 1.165) is 5.56 Å². The molecule has 0 fully saturated rings. The van der Waals surface area contributed by atoms with Crippen molar-refractivity contribution in [1.29, 1.82) is 0 Å². The van der Waals surface area contributed by atoms with E-state index in [1.165, 1.54) is 0 Å². The summed E-state index contributed by atoms with van der Waals surface area (Å²) in [5, 5.41) is 9.25.